The first-order chi connectivity index (χ1) is 12.2. The minimum Gasteiger partial charge on any atom is -0.369 e. The van der Waals surface area contributed by atoms with E-state index in [2.05, 4.69) is 52.5 Å². The largest absolute Gasteiger partial charge is 0.369 e. The van der Waals surface area contributed by atoms with Crippen molar-refractivity contribution in [1.82, 2.24) is 20.3 Å². The molecule has 1 aromatic carbocycles. The SMILES string of the molecule is Brc1cccc2cnc(Nc3ccc(N4CC5(CNC5)C4)cn3)nc12. The predicted molar refractivity (Wildman–Crippen MR) is 102 cm³/mol. The van der Waals surface area contributed by atoms with Crippen molar-refractivity contribution in [3.8, 4) is 0 Å². The number of para-hydroxylation sites is 1. The number of rotatable bonds is 3. The van der Waals surface area contributed by atoms with Gasteiger partial charge in [-0.2, -0.15) is 0 Å². The second kappa shape index (κ2) is 5.64. The van der Waals surface area contributed by atoms with Crippen molar-refractivity contribution in [3.63, 3.8) is 0 Å². The molecule has 5 rings (SSSR count). The fraction of sp³-hybridized carbons (Fsp3) is 0.278. The van der Waals surface area contributed by atoms with Crippen molar-refractivity contribution in [2.45, 2.75) is 0 Å². The highest BCUT2D eigenvalue weighted by atomic mass is 79.9. The molecule has 2 aliphatic heterocycles. The standard InChI is InChI=1S/C18H17BrN6/c19-14-3-1-2-12-6-22-17(24-16(12)14)23-15-5-4-13(7-21-15)25-10-18(11-25)8-20-9-18/h1-7,20H,8-11H2,(H,21,22,23,24). The molecule has 6 nitrogen and oxygen atoms in total. The minimum atomic E-state index is 0.517. The Hall–Kier alpha value is -2.25. The van der Waals surface area contributed by atoms with E-state index in [4.69, 9.17) is 0 Å². The van der Waals surface area contributed by atoms with Crippen LogP contribution in [0.4, 0.5) is 17.5 Å². The lowest BCUT2D eigenvalue weighted by molar-refractivity contribution is 0.121. The van der Waals surface area contributed by atoms with Crippen molar-refractivity contribution >= 4 is 44.3 Å². The summed E-state index contributed by atoms with van der Waals surface area (Å²) in [5, 5.41) is 7.54. The van der Waals surface area contributed by atoms with E-state index in [1.165, 1.54) is 5.69 Å². The average Bonchev–Trinajstić information content (AvgIpc) is 2.55. The zero-order valence-electron chi connectivity index (χ0n) is 13.5. The molecular weight excluding hydrogens is 380 g/mol. The van der Waals surface area contributed by atoms with Crippen LogP contribution in [0.1, 0.15) is 0 Å². The topological polar surface area (TPSA) is 66.0 Å². The smallest absolute Gasteiger partial charge is 0.228 e. The molecule has 2 aliphatic rings. The Morgan fingerprint density at radius 1 is 1.08 bits per heavy atom. The second-order valence-electron chi connectivity index (χ2n) is 6.86. The van der Waals surface area contributed by atoms with Crippen LogP contribution >= 0.6 is 15.9 Å². The van der Waals surface area contributed by atoms with Crippen molar-refractivity contribution in [2.75, 3.05) is 36.4 Å². The number of aromatic nitrogens is 3. The molecule has 4 heterocycles. The summed E-state index contributed by atoms with van der Waals surface area (Å²) < 4.78 is 0.955. The minimum absolute atomic E-state index is 0.517. The van der Waals surface area contributed by atoms with E-state index in [1.54, 1.807) is 0 Å². The van der Waals surface area contributed by atoms with Crippen LogP contribution in [0.25, 0.3) is 10.9 Å². The third kappa shape index (κ3) is 2.63. The fourth-order valence-corrected chi connectivity index (χ4v) is 3.96. The van der Waals surface area contributed by atoms with E-state index < -0.39 is 0 Å². The van der Waals surface area contributed by atoms with Crippen molar-refractivity contribution in [1.29, 1.82) is 0 Å². The summed E-state index contributed by atoms with van der Waals surface area (Å²) in [7, 11) is 0. The Morgan fingerprint density at radius 2 is 1.96 bits per heavy atom. The van der Waals surface area contributed by atoms with E-state index in [-0.39, 0.29) is 0 Å². The van der Waals surface area contributed by atoms with Gasteiger partial charge in [-0.05, 0) is 34.1 Å². The molecule has 0 radical (unpaired) electrons. The molecule has 0 unspecified atom stereocenters. The Labute approximate surface area is 153 Å². The van der Waals surface area contributed by atoms with Gasteiger partial charge in [0.1, 0.15) is 5.82 Å². The molecule has 0 saturated carbocycles. The number of hydrogen-bond acceptors (Lipinski definition) is 6. The number of halogens is 1. The van der Waals surface area contributed by atoms with Crippen LogP contribution in [0.15, 0.2) is 47.2 Å². The van der Waals surface area contributed by atoms with Gasteiger partial charge in [0, 0.05) is 47.6 Å². The van der Waals surface area contributed by atoms with Gasteiger partial charge in [0.15, 0.2) is 0 Å². The molecule has 1 spiro atoms. The molecule has 0 atom stereocenters. The lowest BCUT2D eigenvalue weighted by Gasteiger charge is -2.57. The Bertz CT molecular complexity index is 930. The predicted octanol–water partition coefficient (Wildman–Crippen LogP) is 2.94. The highest BCUT2D eigenvalue weighted by molar-refractivity contribution is 9.10. The summed E-state index contributed by atoms with van der Waals surface area (Å²) in [4.78, 5) is 15.8. The van der Waals surface area contributed by atoms with Crippen LogP contribution in [0, 0.1) is 5.41 Å². The molecule has 3 aromatic rings. The van der Waals surface area contributed by atoms with E-state index in [0.717, 1.165) is 47.4 Å². The third-order valence-electron chi connectivity index (χ3n) is 4.97. The normalized spacial score (nSPS) is 18.0. The maximum absolute atomic E-state index is 4.57. The molecule has 2 N–H and O–H groups in total. The second-order valence-corrected chi connectivity index (χ2v) is 7.71. The number of fused-ring (bicyclic) bond motifs is 1. The number of benzene rings is 1. The Balaban J connectivity index is 1.32. The summed E-state index contributed by atoms with van der Waals surface area (Å²) in [5.41, 5.74) is 2.57. The van der Waals surface area contributed by atoms with Crippen LogP contribution in [-0.2, 0) is 0 Å². The van der Waals surface area contributed by atoms with Gasteiger partial charge in [-0.3, -0.25) is 0 Å². The van der Waals surface area contributed by atoms with Crippen LogP contribution in [-0.4, -0.2) is 41.1 Å². The average molecular weight is 397 g/mol. The van der Waals surface area contributed by atoms with Crippen LogP contribution in [0.2, 0.25) is 0 Å². The summed E-state index contributed by atoms with van der Waals surface area (Å²) in [6, 6.07) is 10.0. The number of pyridine rings is 1. The third-order valence-corrected chi connectivity index (χ3v) is 5.61. The Kier molecular flexibility index (Phi) is 3.39. The van der Waals surface area contributed by atoms with Gasteiger partial charge in [0.2, 0.25) is 5.95 Å². The summed E-state index contributed by atoms with van der Waals surface area (Å²) in [6.07, 6.45) is 3.73. The molecule has 25 heavy (non-hydrogen) atoms. The van der Waals surface area contributed by atoms with Crippen molar-refractivity contribution in [2.24, 2.45) is 5.41 Å². The maximum Gasteiger partial charge on any atom is 0.228 e. The number of hydrogen-bond donors (Lipinski definition) is 2. The lowest BCUT2D eigenvalue weighted by Crippen LogP contribution is -2.71. The molecular formula is C18H17BrN6. The number of nitrogens with zero attached hydrogens (tertiary/aromatic N) is 4. The molecule has 7 heteroatoms. The van der Waals surface area contributed by atoms with Gasteiger partial charge < -0.3 is 15.5 Å². The monoisotopic (exact) mass is 396 g/mol. The highest BCUT2D eigenvalue weighted by Crippen LogP contribution is 2.37. The van der Waals surface area contributed by atoms with E-state index >= 15 is 0 Å². The number of nitrogens with one attached hydrogen (secondary N) is 2. The first-order valence-corrected chi connectivity index (χ1v) is 9.10. The highest BCUT2D eigenvalue weighted by Gasteiger charge is 2.47. The quantitative estimate of drug-likeness (QED) is 0.709. The lowest BCUT2D eigenvalue weighted by atomic mass is 9.74. The maximum atomic E-state index is 4.57. The van der Waals surface area contributed by atoms with Gasteiger partial charge in [-0.15, -0.1) is 0 Å². The van der Waals surface area contributed by atoms with E-state index in [1.807, 2.05) is 36.7 Å². The molecule has 2 aromatic heterocycles. The van der Waals surface area contributed by atoms with Crippen LogP contribution in [0.3, 0.4) is 0 Å². The van der Waals surface area contributed by atoms with Crippen LogP contribution < -0.4 is 15.5 Å². The van der Waals surface area contributed by atoms with Crippen LogP contribution in [0.5, 0.6) is 0 Å². The van der Waals surface area contributed by atoms with Gasteiger partial charge >= 0.3 is 0 Å². The molecule has 0 amide bonds. The summed E-state index contributed by atoms with van der Waals surface area (Å²) in [5.74, 6) is 1.29. The van der Waals surface area contributed by atoms with Crippen molar-refractivity contribution in [3.05, 3.63) is 47.2 Å². The van der Waals surface area contributed by atoms with Gasteiger partial charge in [0.25, 0.3) is 0 Å². The van der Waals surface area contributed by atoms with Gasteiger partial charge in [-0.1, -0.05) is 12.1 Å². The molecule has 0 bridgehead atoms. The van der Waals surface area contributed by atoms with E-state index in [9.17, 15) is 0 Å². The number of anilines is 3. The summed E-state index contributed by atoms with van der Waals surface area (Å²) in [6.45, 7) is 4.53. The summed E-state index contributed by atoms with van der Waals surface area (Å²) >= 11 is 3.53. The first kappa shape index (κ1) is 15.0. The fourth-order valence-electron chi connectivity index (χ4n) is 3.49. The molecule has 126 valence electrons. The van der Waals surface area contributed by atoms with Gasteiger partial charge in [0.05, 0.1) is 17.4 Å². The van der Waals surface area contributed by atoms with Crippen molar-refractivity contribution < 1.29 is 0 Å². The zero-order chi connectivity index (χ0) is 16.9. The Morgan fingerprint density at radius 3 is 2.68 bits per heavy atom. The molecule has 2 saturated heterocycles. The zero-order valence-corrected chi connectivity index (χ0v) is 15.1. The van der Waals surface area contributed by atoms with Gasteiger partial charge in [-0.25, -0.2) is 15.0 Å². The first-order valence-electron chi connectivity index (χ1n) is 8.31. The molecule has 2 fully saturated rings. The van der Waals surface area contributed by atoms with E-state index in [0.29, 0.717) is 11.4 Å². The molecule has 0 aliphatic carbocycles.